The number of aliphatic carboxylic acids is 1. The van der Waals surface area contributed by atoms with E-state index in [1.54, 1.807) is 30.3 Å². The molecule has 0 heterocycles. The van der Waals surface area contributed by atoms with Gasteiger partial charge in [-0.2, -0.15) is 5.26 Å². The van der Waals surface area contributed by atoms with E-state index in [0.29, 0.717) is 24.1 Å². The van der Waals surface area contributed by atoms with Gasteiger partial charge in [-0.15, -0.1) is 0 Å². The molecule has 0 bridgehead atoms. The van der Waals surface area contributed by atoms with E-state index in [1.807, 2.05) is 12.1 Å². The zero-order chi connectivity index (χ0) is 14.5. The van der Waals surface area contributed by atoms with Gasteiger partial charge in [-0.3, -0.25) is 9.59 Å². The van der Waals surface area contributed by atoms with Crippen LogP contribution in [0.1, 0.15) is 18.4 Å². The van der Waals surface area contributed by atoms with Crippen LogP contribution < -0.4 is 5.32 Å². The highest BCUT2D eigenvalue weighted by Crippen LogP contribution is 2.27. The summed E-state index contributed by atoms with van der Waals surface area (Å²) in [6.45, 7) is 0. The summed E-state index contributed by atoms with van der Waals surface area (Å²) in [6.07, 6.45) is 4.44. The number of benzene rings is 1. The van der Waals surface area contributed by atoms with Crippen LogP contribution >= 0.6 is 0 Å². The molecular weight excluding hydrogens is 256 g/mol. The van der Waals surface area contributed by atoms with E-state index in [9.17, 15) is 9.59 Å². The van der Waals surface area contributed by atoms with Crippen molar-refractivity contribution in [2.75, 3.05) is 5.32 Å². The molecule has 1 aromatic rings. The molecule has 0 radical (unpaired) electrons. The number of carbonyl (C=O) groups is 2. The summed E-state index contributed by atoms with van der Waals surface area (Å²) in [6, 6.07) is 8.46. The Balaban J connectivity index is 2.08. The molecule has 0 aliphatic heterocycles. The second-order valence-corrected chi connectivity index (χ2v) is 4.67. The molecule has 2 rings (SSSR count). The fourth-order valence-corrected chi connectivity index (χ4v) is 2.24. The van der Waals surface area contributed by atoms with Crippen molar-refractivity contribution in [2.45, 2.75) is 12.8 Å². The van der Waals surface area contributed by atoms with Crippen molar-refractivity contribution >= 4 is 17.6 Å². The van der Waals surface area contributed by atoms with Gasteiger partial charge in [0.25, 0.3) is 0 Å². The number of rotatable bonds is 3. The lowest BCUT2D eigenvalue weighted by atomic mass is 9.82. The fraction of sp³-hybridized carbons (Fsp3) is 0.267. The Morgan fingerprint density at radius 3 is 2.30 bits per heavy atom. The molecule has 0 fully saturated rings. The Morgan fingerprint density at radius 2 is 1.75 bits per heavy atom. The largest absolute Gasteiger partial charge is 0.481 e. The SMILES string of the molecule is N#Cc1ccc(NC(=O)[C@H]2CC=CC[C@@H]2C(=O)O)cc1. The van der Waals surface area contributed by atoms with Gasteiger partial charge in [0, 0.05) is 5.69 Å². The second-order valence-electron chi connectivity index (χ2n) is 4.67. The molecule has 5 heteroatoms. The summed E-state index contributed by atoms with van der Waals surface area (Å²) in [4.78, 5) is 23.3. The number of nitrogens with one attached hydrogen (secondary N) is 1. The first-order valence-electron chi connectivity index (χ1n) is 6.30. The Hall–Kier alpha value is -2.61. The Bertz CT molecular complexity index is 584. The summed E-state index contributed by atoms with van der Waals surface area (Å²) in [5.41, 5.74) is 1.07. The third-order valence-electron chi connectivity index (χ3n) is 3.37. The molecule has 102 valence electrons. The average Bonchev–Trinajstić information content (AvgIpc) is 2.48. The zero-order valence-corrected chi connectivity index (χ0v) is 10.7. The molecule has 1 aliphatic rings. The number of carboxylic acid groups (broad SMARTS) is 1. The summed E-state index contributed by atoms with van der Waals surface area (Å²) >= 11 is 0. The number of carbonyl (C=O) groups excluding carboxylic acids is 1. The lowest BCUT2D eigenvalue weighted by molar-refractivity contribution is -0.146. The second kappa shape index (κ2) is 6.02. The van der Waals surface area contributed by atoms with Crippen molar-refractivity contribution < 1.29 is 14.7 Å². The van der Waals surface area contributed by atoms with E-state index in [4.69, 9.17) is 10.4 Å². The van der Waals surface area contributed by atoms with Gasteiger partial charge in [-0.1, -0.05) is 12.2 Å². The molecule has 0 unspecified atom stereocenters. The zero-order valence-electron chi connectivity index (χ0n) is 10.7. The van der Waals surface area contributed by atoms with Gasteiger partial charge in [0.1, 0.15) is 0 Å². The quantitative estimate of drug-likeness (QED) is 0.823. The van der Waals surface area contributed by atoms with E-state index >= 15 is 0 Å². The Morgan fingerprint density at radius 1 is 1.15 bits per heavy atom. The highest BCUT2D eigenvalue weighted by Gasteiger charge is 2.33. The monoisotopic (exact) mass is 270 g/mol. The predicted octanol–water partition coefficient (Wildman–Crippen LogP) is 2.16. The molecule has 1 aromatic carbocycles. The van der Waals surface area contributed by atoms with E-state index < -0.39 is 17.8 Å². The maximum Gasteiger partial charge on any atom is 0.307 e. The van der Waals surface area contributed by atoms with Crippen molar-refractivity contribution in [3.8, 4) is 6.07 Å². The minimum Gasteiger partial charge on any atom is -0.481 e. The molecule has 0 aromatic heterocycles. The van der Waals surface area contributed by atoms with Gasteiger partial charge in [0.05, 0.1) is 23.5 Å². The van der Waals surface area contributed by atoms with E-state index in [-0.39, 0.29) is 5.91 Å². The molecule has 2 N–H and O–H groups in total. The minimum absolute atomic E-state index is 0.300. The Kier molecular flexibility index (Phi) is 4.16. The van der Waals surface area contributed by atoms with Crippen LogP contribution in [0, 0.1) is 23.2 Å². The van der Waals surface area contributed by atoms with E-state index in [1.165, 1.54) is 0 Å². The molecule has 1 aliphatic carbocycles. The number of hydrogen-bond donors (Lipinski definition) is 2. The van der Waals surface area contributed by atoms with Crippen molar-refractivity contribution in [2.24, 2.45) is 11.8 Å². The van der Waals surface area contributed by atoms with Gasteiger partial charge in [-0.05, 0) is 37.1 Å². The lowest BCUT2D eigenvalue weighted by Crippen LogP contribution is -2.34. The number of amides is 1. The third-order valence-corrected chi connectivity index (χ3v) is 3.37. The predicted molar refractivity (Wildman–Crippen MR) is 72.8 cm³/mol. The van der Waals surface area contributed by atoms with Crippen molar-refractivity contribution in [1.82, 2.24) is 0 Å². The van der Waals surface area contributed by atoms with Gasteiger partial charge in [-0.25, -0.2) is 0 Å². The first-order chi connectivity index (χ1) is 9.61. The summed E-state index contributed by atoms with van der Waals surface area (Å²) in [5, 5.41) is 20.5. The average molecular weight is 270 g/mol. The van der Waals surface area contributed by atoms with Crippen LogP contribution in [0.25, 0.3) is 0 Å². The molecule has 1 amide bonds. The molecular formula is C15H14N2O3. The van der Waals surface area contributed by atoms with Crippen LogP contribution in [-0.2, 0) is 9.59 Å². The minimum atomic E-state index is -0.950. The normalized spacial score (nSPS) is 20.9. The highest BCUT2D eigenvalue weighted by atomic mass is 16.4. The van der Waals surface area contributed by atoms with Crippen LogP contribution in [0.15, 0.2) is 36.4 Å². The van der Waals surface area contributed by atoms with Gasteiger partial charge in [0.2, 0.25) is 5.91 Å². The molecule has 5 nitrogen and oxygen atoms in total. The molecule has 20 heavy (non-hydrogen) atoms. The van der Waals surface area contributed by atoms with Crippen LogP contribution in [-0.4, -0.2) is 17.0 Å². The number of nitrogens with zero attached hydrogens (tertiary/aromatic N) is 1. The first kappa shape index (κ1) is 13.8. The first-order valence-corrected chi connectivity index (χ1v) is 6.30. The molecule has 2 atom stereocenters. The van der Waals surface area contributed by atoms with Crippen LogP contribution in [0.4, 0.5) is 5.69 Å². The molecule has 0 saturated carbocycles. The van der Waals surface area contributed by atoms with Crippen LogP contribution in [0.2, 0.25) is 0 Å². The summed E-state index contributed by atoms with van der Waals surface area (Å²) in [7, 11) is 0. The standard InChI is InChI=1S/C15H14N2O3/c16-9-10-5-7-11(8-6-10)17-14(18)12-3-1-2-4-13(12)15(19)20/h1-2,5-8,12-13H,3-4H2,(H,17,18)(H,19,20)/t12-,13-/m0/s1. The number of hydrogen-bond acceptors (Lipinski definition) is 3. The molecule has 0 saturated heterocycles. The van der Waals surface area contributed by atoms with E-state index in [2.05, 4.69) is 5.32 Å². The van der Waals surface area contributed by atoms with Crippen LogP contribution in [0.3, 0.4) is 0 Å². The summed E-state index contributed by atoms with van der Waals surface area (Å²) in [5.74, 6) is -2.49. The van der Waals surface area contributed by atoms with E-state index in [0.717, 1.165) is 0 Å². The lowest BCUT2D eigenvalue weighted by Gasteiger charge is -2.24. The maximum atomic E-state index is 12.2. The Labute approximate surface area is 116 Å². The van der Waals surface area contributed by atoms with Crippen molar-refractivity contribution in [3.05, 3.63) is 42.0 Å². The van der Waals surface area contributed by atoms with Gasteiger partial charge < -0.3 is 10.4 Å². The van der Waals surface area contributed by atoms with Gasteiger partial charge >= 0.3 is 5.97 Å². The number of anilines is 1. The van der Waals surface area contributed by atoms with Crippen molar-refractivity contribution in [1.29, 1.82) is 5.26 Å². The third kappa shape index (κ3) is 3.04. The number of nitriles is 1. The number of carboxylic acids is 1. The fourth-order valence-electron chi connectivity index (χ4n) is 2.24. The topological polar surface area (TPSA) is 90.2 Å². The maximum absolute atomic E-state index is 12.2. The molecule has 0 spiro atoms. The van der Waals surface area contributed by atoms with Crippen molar-refractivity contribution in [3.63, 3.8) is 0 Å². The summed E-state index contributed by atoms with van der Waals surface area (Å²) < 4.78 is 0. The van der Waals surface area contributed by atoms with Crippen LogP contribution in [0.5, 0.6) is 0 Å². The highest BCUT2D eigenvalue weighted by molar-refractivity contribution is 5.95. The smallest absolute Gasteiger partial charge is 0.307 e. The number of allylic oxidation sites excluding steroid dienone is 2. The van der Waals surface area contributed by atoms with Gasteiger partial charge in [0.15, 0.2) is 0 Å².